The summed E-state index contributed by atoms with van der Waals surface area (Å²) in [5.74, 6) is 0. The number of urea groups is 1. The monoisotopic (exact) mass is 374 g/mol. The van der Waals surface area contributed by atoms with Crippen molar-refractivity contribution in [2.45, 2.75) is 6.42 Å². The maximum absolute atomic E-state index is 12.9. The molecule has 2 aromatic carbocycles. The molecule has 1 N–H and O–H groups in total. The summed E-state index contributed by atoms with van der Waals surface area (Å²) >= 11 is 1.59. The van der Waals surface area contributed by atoms with E-state index in [4.69, 9.17) is 0 Å². The summed E-state index contributed by atoms with van der Waals surface area (Å²) in [7, 11) is 2.05. The third-order valence-electron chi connectivity index (χ3n) is 5.06. The molecule has 0 radical (unpaired) electrons. The van der Waals surface area contributed by atoms with Crippen LogP contribution in [0.15, 0.2) is 60.4 Å². The van der Waals surface area contributed by atoms with Crippen LogP contribution in [-0.2, 0) is 13.5 Å². The Labute approximate surface area is 160 Å². The Balaban J connectivity index is 1.42. The van der Waals surface area contributed by atoms with Crippen LogP contribution in [0.1, 0.15) is 5.56 Å². The Kier molecular flexibility index (Phi) is 3.72. The summed E-state index contributed by atoms with van der Waals surface area (Å²) in [6.07, 6.45) is 4.77. The standard InChI is InChI=1S/C21H18N4OS/c1-24-7-5-14-11-19-15(10-18(14)24)6-8-25(19)21(26)23-17-4-2-3-16(9-17)20-12-22-13-27-20/h2-5,7,9-13H,6,8H2,1H3,(H,23,26). The molecule has 4 aromatic rings. The second-order valence-corrected chi connectivity index (χ2v) is 7.63. The van der Waals surface area contributed by atoms with Crippen molar-refractivity contribution in [1.82, 2.24) is 9.55 Å². The summed E-state index contributed by atoms with van der Waals surface area (Å²) in [4.78, 5) is 20.0. The maximum Gasteiger partial charge on any atom is 0.326 e. The lowest BCUT2D eigenvalue weighted by atomic mass is 10.1. The van der Waals surface area contributed by atoms with Gasteiger partial charge in [-0.05, 0) is 47.9 Å². The molecule has 5 rings (SSSR count). The van der Waals surface area contributed by atoms with Gasteiger partial charge in [0, 0.05) is 48.3 Å². The number of hydrogen-bond acceptors (Lipinski definition) is 3. The van der Waals surface area contributed by atoms with E-state index in [9.17, 15) is 4.79 Å². The Morgan fingerprint density at radius 3 is 3.00 bits per heavy atom. The molecular weight excluding hydrogens is 356 g/mol. The largest absolute Gasteiger partial charge is 0.351 e. The van der Waals surface area contributed by atoms with Crippen LogP contribution in [0.3, 0.4) is 0 Å². The van der Waals surface area contributed by atoms with E-state index in [1.807, 2.05) is 47.9 Å². The lowest BCUT2D eigenvalue weighted by molar-refractivity contribution is 0.257. The number of nitrogens with one attached hydrogen (secondary N) is 1. The summed E-state index contributed by atoms with van der Waals surface area (Å²) in [5.41, 5.74) is 7.09. The van der Waals surface area contributed by atoms with Gasteiger partial charge < -0.3 is 9.88 Å². The van der Waals surface area contributed by atoms with Crippen LogP contribution < -0.4 is 10.2 Å². The summed E-state index contributed by atoms with van der Waals surface area (Å²) in [5, 5.41) is 4.20. The molecule has 0 atom stereocenters. The van der Waals surface area contributed by atoms with Crippen molar-refractivity contribution in [1.29, 1.82) is 0 Å². The van der Waals surface area contributed by atoms with Crippen molar-refractivity contribution in [3.8, 4) is 10.4 Å². The second kappa shape index (κ2) is 6.25. The highest BCUT2D eigenvalue weighted by atomic mass is 32.1. The molecule has 0 unspecified atom stereocenters. The zero-order chi connectivity index (χ0) is 18.4. The molecule has 27 heavy (non-hydrogen) atoms. The first-order valence-electron chi connectivity index (χ1n) is 8.84. The van der Waals surface area contributed by atoms with Crippen LogP contribution in [0.2, 0.25) is 0 Å². The highest BCUT2D eigenvalue weighted by molar-refractivity contribution is 7.13. The van der Waals surface area contributed by atoms with Crippen LogP contribution in [0.4, 0.5) is 16.2 Å². The molecule has 2 aromatic heterocycles. The third kappa shape index (κ3) is 2.78. The number of carbonyl (C=O) groups is 1. The van der Waals surface area contributed by atoms with Crippen molar-refractivity contribution in [2.75, 3.05) is 16.8 Å². The number of nitrogens with zero attached hydrogens (tertiary/aromatic N) is 3. The first-order chi connectivity index (χ1) is 13.2. The Hall–Kier alpha value is -3.12. The van der Waals surface area contributed by atoms with E-state index < -0.39 is 0 Å². The minimum Gasteiger partial charge on any atom is -0.351 e. The molecule has 0 bridgehead atoms. The number of aryl methyl sites for hydroxylation is 1. The molecule has 0 saturated carbocycles. The van der Waals surface area contributed by atoms with Crippen LogP contribution >= 0.6 is 11.3 Å². The molecule has 1 aliphatic rings. The average molecular weight is 374 g/mol. The van der Waals surface area contributed by atoms with Crippen molar-refractivity contribution >= 4 is 39.6 Å². The topological polar surface area (TPSA) is 50.2 Å². The molecule has 0 fully saturated rings. The zero-order valence-electron chi connectivity index (χ0n) is 14.8. The second-order valence-electron chi connectivity index (χ2n) is 6.74. The van der Waals surface area contributed by atoms with Crippen LogP contribution in [0.25, 0.3) is 21.3 Å². The molecule has 0 aliphatic carbocycles. The predicted octanol–water partition coefficient (Wildman–Crippen LogP) is 4.90. The first kappa shape index (κ1) is 16.1. The van der Waals surface area contributed by atoms with Gasteiger partial charge in [0.15, 0.2) is 0 Å². The molecule has 3 heterocycles. The van der Waals surface area contributed by atoms with E-state index in [1.54, 1.807) is 11.3 Å². The van der Waals surface area contributed by atoms with E-state index >= 15 is 0 Å². The lowest BCUT2D eigenvalue weighted by Gasteiger charge is -2.18. The number of hydrogen-bond donors (Lipinski definition) is 1. The van der Waals surface area contributed by atoms with Gasteiger partial charge in [0.05, 0.1) is 10.4 Å². The summed E-state index contributed by atoms with van der Waals surface area (Å²) < 4.78 is 2.11. The van der Waals surface area contributed by atoms with E-state index in [0.717, 1.165) is 33.6 Å². The first-order valence-corrected chi connectivity index (χ1v) is 9.72. The van der Waals surface area contributed by atoms with Crippen LogP contribution in [-0.4, -0.2) is 22.1 Å². The molecule has 0 saturated heterocycles. The smallest absolute Gasteiger partial charge is 0.326 e. The quantitative estimate of drug-likeness (QED) is 0.543. The van der Waals surface area contributed by atoms with Crippen molar-refractivity contribution < 1.29 is 4.79 Å². The van der Waals surface area contributed by atoms with Gasteiger partial charge in [-0.1, -0.05) is 12.1 Å². The van der Waals surface area contributed by atoms with E-state index in [1.165, 1.54) is 11.1 Å². The van der Waals surface area contributed by atoms with E-state index in [2.05, 4.69) is 39.3 Å². The van der Waals surface area contributed by atoms with Crippen molar-refractivity contribution in [3.63, 3.8) is 0 Å². The van der Waals surface area contributed by atoms with Crippen molar-refractivity contribution in [2.24, 2.45) is 7.05 Å². The SMILES string of the molecule is Cn1ccc2cc3c(cc21)CCN3C(=O)Nc1cccc(-c2cncs2)c1. The molecule has 134 valence electrons. The molecule has 5 nitrogen and oxygen atoms in total. The fourth-order valence-electron chi connectivity index (χ4n) is 3.66. The van der Waals surface area contributed by atoms with E-state index in [-0.39, 0.29) is 6.03 Å². The highest BCUT2D eigenvalue weighted by Crippen LogP contribution is 2.33. The zero-order valence-corrected chi connectivity index (χ0v) is 15.7. The normalized spacial score (nSPS) is 13.1. The van der Waals surface area contributed by atoms with Gasteiger partial charge in [-0.15, -0.1) is 11.3 Å². The Bertz CT molecular complexity index is 1150. The Morgan fingerprint density at radius 2 is 2.15 bits per heavy atom. The summed E-state index contributed by atoms with van der Waals surface area (Å²) in [6.45, 7) is 0.700. The molecule has 1 aliphatic heterocycles. The van der Waals surface area contributed by atoms with Gasteiger partial charge in [-0.25, -0.2) is 4.79 Å². The third-order valence-corrected chi connectivity index (χ3v) is 5.88. The number of aromatic nitrogens is 2. The number of rotatable bonds is 2. The van der Waals surface area contributed by atoms with Gasteiger partial charge in [-0.2, -0.15) is 0 Å². The van der Waals surface area contributed by atoms with Crippen LogP contribution in [0, 0.1) is 0 Å². The van der Waals surface area contributed by atoms with Gasteiger partial charge in [-0.3, -0.25) is 9.88 Å². The Morgan fingerprint density at radius 1 is 1.22 bits per heavy atom. The highest BCUT2D eigenvalue weighted by Gasteiger charge is 2.25. The minimum absolute atomic E-state index is 0.0921. The molecule has 2 amide bonds. The number of amides is 2. The number of carbonyl (C=O) groups excluding carboxylic acids is 1. The van der Waals surface area contributed by atoms with Crippen LogP contribution in [0.5, 0.6) is 0 Å². The summed E-state index contributed by atoms with van der Waals surface area (Å²) in [6, 6.07) is 14.2. The van der Waals surface area contributed by atoms with E-state index in [0.29, 0.717) is 6.54 Å². The fraction of sp³-hybridized carbons (Fsp3) is 0.143. The average Bonchev–Trinajstić information content (AvgIpc) is 3.41. The predicted molar refractivity (Wildman–Crippen MR) is 111 cm³/mol. The fourth-order valence-corrected chi connectivity index (χ4v) is 4.28. The van der Waals surface area contributed by atoms with Crippen molar-refractivity contribution in [3.05, 3.63) is 65.9 Å². The van der Waals surface area contributed by atoms with Gasteiger partial charge in [0.2, 0.25) is 0 Å². The van der Waals surface area contributed by atoms with Gasteiger partial charge in [0.1, 0.15) is 0 Å². The molecular formula is C21H18N4OS. The lowest BCUT2D eigenvalue weighted by Crippen LogP contribution is -2.33. The number of benzene rings is 2. The minimum atomic E-state index is -0.0921. The van der Waals surface area contributed by atoms with Gasteiger partial charge >= 0.3 is 6.03 Å². The number of fused-ring (bicyclic) bond motifs is 2. The number of anilines is 2. The van der Waals surface area contributed by atoms with Gasteiger partial charge in [0.25, 0.3) is 0 Å². The number of thiazole rings is 1. The maximum atomic E-state index is 12.9. The molecule has 6 heteroatoms. The molecule has 0 spiro atoms.